The Bertz CT molecular complexity index is 1500. The van der Waals surface area contributed by atoms with Crippen LogP contribution >= 0.6 is 45.9 Å². The van der Waals surface area contributed by atoms with Crippen molar-refractivity contribution >= 4 is 84.0 Å². The molecule has 6 rings (SSSR count). The second-order valence-corrected chi connectivity index (χ2v) is 9.94. The normalized spacial score (nSPS) is 13.5. The Morgan fingerprint density at radius 1 is 0.871 bits per heavy atom. The van der Waals surface area contributed by atoms with Crippen LogP contribution in [0.1, 0.15) is 26.5 Å². The van der Waals surface area contributed by atoms with Gasteiger partial charge in [0, 0.05) is 21.9 Å². The average molecular weight is 482 g/mol. The Morgan fingerprint density at radius 2 is 1.58 bits per heavy atom. The third-order valence-corrected chi connectivity index (χ3v) is 8.06. The van der Waals surface area contributed by atoms with Gasteiger partial charge in [-0.25, -0.2) is 0 Å². The van der Waals surface area contributed by atoms with Crippen LogP contribution in [0, 0.1) is 0 Å². The maximum absolute atomic E-state index is 12.7. The summed E-state index contributed by atoms with van der Waals surface area (Å²) in [6.07, 6.45) is 1.46. The number of ketones is 2. The predicted molar refractivity (Wildman–Crippen MR) is 126 cm³/mol. The summed E-state index contributed by atoms with van der Waals surface area (Å²) in [6, 6.07) is 15.0. The smallest absolute Gasteiger partial charge is 0.238 e. The molecule has 0 atom stereocenters. The fourth-order valence-electron chi connectivity index (χ4n) is 3.61. The van der Waals surface area contributed by atoms with E-state index < -0.39 is 11.6 Å². The summed E-state index contributed by atoms with van der Waals surface area (Å²) < 4.78 is 7.87. The number of hydrogen-bond acceptors (Lipinski definition) is 6. The Kier molecular flexibility index (Phi) is 4.20. The summed E-state index contributed by atoms with van der Waals surface area (Å²) in [5.74, 6) is -0.382. The van der Waals surface area contributed by atoms with Crippen LogP contribution in [0.15, 0.2) is 58.5 Å². The molecule has 0 radical (unpaired) electrons. The number of allylic oxidation sites excluding steroid dienone is 1. The molecule has 3 heterocycles. The summed E-state index contributed by atoms with van der Waals surface area (Å²) in [4.78, 5) is 31.1. The first-order chi connectivity index (χ1) is 15.0. The molecule has 31 heavy (non-hydrogen) atoms. The van der Waals surface area contributed by atoms with Gasteiger partial charge in [-0.15, -0.1) is 22.7 Å². The average Bonchev–Trinajstić information content (AvgIpc) is 3.48. The molecule has 0 saturated heterocycles. The largest absolute Gasteiger partial charge is 0.437 e. The zero-order chi connectivity index (χ0) is 21.3. The standard InChI is InChI=1S/C23H9Cl2NO3S2/c24-15-8-12-13(9-16(15)25)21(28)14(20(12)27)6-11-7-18-22(29-11)26-23(31-18)19-5-10-3-1-2-4-17(10)30-19/h1-9H. The zero-order valence-corrected chi connectivity index (χ0v) is 18.6. The molecular formula is C23H9Cl2NO3S2. The van der Waals surface area contributed by atoms with Crippen molar-refractivity contribution in [3.8, 4) is 9.88 Å². The summed E-state index contributed by atoms with van der Waals surface area (Å²) in [7, 11) is 0. The number of carbonyl (C=O) groups excluding carboxylic acids is 2. The van der Waals surface area contributed by atoms with Gasteiger partial charge in [0.1, 0.15) is 10.8 Å². The second-order valence-electron chi connectivity index (χ2n) is 7.01. The minimum Gasteiger partial charge on any atom is -0.437 e. The molecule has 0 aliphatic heterocycles. The lowest BCUT2D eigenvalue weighted by Crippen LogP contribution is -1.99. The van der Waals surface area contributed by atoms with Crippen molar-refractivity contribution in [2.45, 2.75) is 0 Å². The molecule has 4 nitrogen and oxygen atoms in total. The number of furan rings is 1. The zero-order valence-electron chi connectivity index (χ0n) is 15.4. The monoisotopic (exact) mass is 481 g/mol. The van der Waals surface area contributed by atoms with E-state index in [9.17, 15) is 9.59 Å². The van der Waals surface area contributed by atoms with E-state index >= 15 is 0 Å². The highest BCUT2D eigenvalue weighted by atomic mass is 35.5. The lowest BCUT2D eigenvalue weighted by atomic mass is 10.1. The van der Waals surface area contributed by atoms with Crippen LogP contribution in [0.25, 0.3) is 36.5 Å². The van der Waals surface area contributed by atoms with E-state index in [1.165, 1.54) is 39.6 Å². The number of rotatable bonds is 2. The number of nitrogens with zero attached hydrogens (tertiary/aromatic N) is 1. The molecule has 0 unspecified atom stereocenters. The van der Waals surface area contributed by atoms with Gasteiger partial charge in [-0.3, -0.25) is 9.59 Å². The Balaban J connectivity index is 1.37. The van der Waals surface area contributed by atoms with Crippen molar-refractivity contribution < 1.29 is 14.0 Å². The van der Waals surface area contributed by atoms with E-state index in [0.717, 1.165) is 14.6 Å². The number of benzene rings is 2. The molecule has 3 aromatic heterocycles. The maximum atomic E-state index is 12.7. The number of fused-ring (bicyclic) bond motifs is 3. The van der Waals surface area contributed by atoms with Crippen LogP contribution in [0.5, 0.6) is 0 Å². The van der Waals surface area contributed by atoms with Crippen LogP contribution in [-0.2, 0) is 0 Å². The van der Waals surface area contributed by atoms with Gasteiger partial charge in [-0.1, -0.05) is 41.4 Å². The van der Waals surface area contributed by atoms with Crippen LogP contribution in [-0.4, -0.2) is 16.6 Å². The maximum Gasteiger partial charge on any atom is 0.238 e. The van der Waals surface area contributed by atoms with Crippen LogP contribution in [0.3, 0.4) is 0 Å². The first kappa shape index (κ1) is 19.0. The molecular weight excluding hydrogens is 473 g/mol. The number of aromatic nitrogens is 1. The number of hydrogen-bond donors (Lipinski definition) is 0. The van der Waals surface area contributed by atoms with Crippen LogP contribution < -0.4 is 0 Å². The summed E-state index contributed by atoms with van der Waals surface area (Å²) in [6.45, 7) is 0. The van der Waals surface area contributed by atoms with E-state index in [0.29, 0.717) is 11.5 Å². The number of thiazole rings is 1. The molecule has 5 aromatic rings. The fraction of sp³-hybridized carbons (Fsp3) is 0. The lowest BCUT2D eigenvalue weighted by Gasteiger charge is -1.98. The number of thiophene rings is 1. The van der Waals surface area contributed by atoms with Gasteiger partial charge in [0.25, 0.3) is 0 Å². The predicted octanol–water partition coefficient (Wildman–Crippen LogP) is 7.54. The molecule has 0 spiro atoms. The van der Waals surface area contributed by atoms with Crippen molar-refractivity contribution in [2.75, 3.05) is 0 Å². The van der Waals surface area contributed by atoms with E-state index in [-0.39, 0.29) is 26.7 Å². The highest BCUT2D eigenvalue weighted by Crippen LogP contribution is 2.39. The number of halogens is 2. The van der Waals surface area contributed by atoms with Gasteiger partial charge < -0.3 is 4.42 Å². The van der Waals surface area contributed by atoms with Crippen molar-refractivity contribution in [3.63, 3.8) is 0 Å². The van der Waals surface area contributed by atoms with Gasteiger partial charge >= 0.3 is 0 Å². The van der Waals surface area contributed by atoms with Crippen molar-refractivity contribution in [1.29, 1.82) is 0 Å². The SMILES string of the molecule is O=C1C(=Cc2cc3sc(-c4cc5ccccc5s4)nc3o2)C(=O)c2cc(Cl)c(Cl)cc21. The molecule has 0 N–H and O–H groups in total. The molecule has 2 aromatic carbocycles. The van der Waals surface area contributed by atoms with Gasteiger partial charge in [-0.2, -0.15) is 4.98 Å². The third kappa shape index (κ3) is 2.98. The first-order valence-corrected chi connectivity index (χ1v) is 11.6. The molecule has 0 fully saturated rings. The summed E-state index contributed by atoms with van der Waals surface area (Å²) >= 11 is 15.2. The minimum absolute atomic E-state index is 0.0273. The third-order valence-electron chi connectivity index (χ3n) is 5.07. The van der Waals surface area contributed by atoms with Crippen LogP contribution in [0.2, 0.25) is 10.0 Å². The Hall–Kier alpha value is -2.77. The van der Waals surface area contributed by atoms with Gasteiger partial charge in [0.2, 0.25) is 5.71 Å². The molecule has 1 aliphatic carbocycles. The summed E-state index contributed by atoms with van der Waals surface area (Å²) in [5.41, 5.74) is 1.01. The van der Waals surface area contributed by atoms with Gasteiger partial charge in [-0.05, 0) is 35.7 Å². The Morgan fingerprint density at radius 3 is 2.26 bits per heavy atom. The highest BCUT2D eigenvalue weighted by molar-refractivity contribution is 7.28. The molecule has 150 valence electrons. The number of carbonyl (C=O) groups is 2. The summed E-state index contributed by atoms with van der Waals surface area (Å²) in [5, 5.41) is 2.52. The van der Waals surface area contributed by atoms with E-state index in [1.807, 2.05) is 12.1 Å². The van der Waals surface area contributed by atoms with Gasteiger partial charge in [0.05, 0.1) is 25.2 Å². The fourth-order valence-corrected chi connectivity index (χ4v) is 5.98. The van der Waals surface area contributed by atoms with E-state index in [2.05, 4.69) is 23.2 Å². The van der Waals surface area contributed by atoms with Crippen molar-refractivity contribution in [3.05, 3.63) is 81.0 Å². The Labute approximate surface area is 193 Å². The molecule has 1 aliphatic rings. The minimum atomic E-state index is -0.391. The van der Waals surface area contributed by atoms with Crippen LogP contribution in [0.4, 0.5) is 0 Å². The highest BCUT2D eigenvalue weighted by Gasteiger charge is 2.34. The van der Waals surface area contributed by atoms with Crippen molar-refractivity contribution in [2.24, 2.45) is 0 Å². The second kappa shape index (κ2) is 6.87. The topological polar surface area (TPSA) is 60.2 Å². The molecule has 0 saturated carbocycles. The van der Waals surface area contributed by atoms with E-state index in [4.69, 9.17) is 27.6 Å². The number of Topliss-reactive ketones (excluding diaryl/α,β-unsaturated/α-hetero) is 2. The lowest BCUT2D eigenvalue weighted by molar-refractivity contribution is 0.0990. The molecule has 8 heteroatoms. The quantitative estimate of drug-likeness (QED) is 0.193. The molecule has 0 bridgehead atoms. The first-order valence-electron chi connectivity index (χ1n) is 9.17. The molecule has 0 amide bonds. The van der Waals surface area contributed by atoms with Crippen molar-refractivity contribution in [1.82, 2.24) is 4.98 Å². The van der Waals surface area contributed by atoms with Gasteiger partial charge in [0.15, 0.2) is 11.6 Å². The van der Waals surface area contributed by atoms with E-state index in [1.54, 1.807) is 17.4 Å².